The lowest BCUT2D eigenvalue weighted by Gasteiger charge is -2.41. The van der Waals surface area contributed by atoms with Crippen LogP contribution < -0.4 is 15.0 Å². The van der Waals surface area contributed by atoms with Crippen molar-refractivity contribution in [2.45, 2.75) is 25.8 Å². The fraction of sp³-hybridized carbons (Fsp3) is 0.370. The molecule has 0 unspecified atom stereocenters. The van der Waals surface area contributed by atoms with Crippen molar-refractivity contribution in [1.29, 1.82) is 5.26 Å². The van der Waals surface area contributed by atoms with Gasteiger partial charge < -0.3 is 14.4 Å². The first-order valence-corrected chi connectivity index (χ1v) is 12.8. The number of carbonyl (C=O) groups excluding carboxylic acids is 1. The Morgan fingerprint density at radius 2 is 1.86 bits per heavy atom. The van der Waals surface area contributed by atoms with Crippen LogP contribution in [-0.2, 0) is 4.74 Å². The van der Waals surface area contributed by atoms with Crippen molar-refractivity contribution in [2.75, 3.05) is 49.6 Å². The third-order valence-corrected chi connectivity index (χ3v) is 7.22. The number of anilines is 2. The number of nitriles is 1. The van der Waals surface area contributed by atoms with Gasteiger partial charge in [-0.2, -0.15) is 10.4 Å². The zero-order valence-corrected chi connectivity index (χ0v) is 21.4. The molecule has 5 rings (SSSR count). The first-order chi connectivity index (χ1) is 18.0. The summed E-state index contributed by atoms with van der Waals surface area (Å²) in [6.07, 6.45) is 3.01. The van der Waals surface area contributed by atoms with Gasteiger partial charge in [0.1, 0.15) is 6.07 Å². The van der Waals surface area contributed by atoms with Crippen LogP contribution in [0.2, 0.25) is 5.02 Å². The third kappa shape index (κ3) is 5.72. The van der Waals surface area contributed by atoms with Gasteiger partial charge in [-0.15, -0.1) is 0 Å². The molecule has 3 aromatic rings. The number of aromatic nitrogens is 2. The van der Waals surface area contributed by atoms with E-state index in [4.69, 9.17) is 21.1 Å². The Kier molecular flexibility index (Phi) is 7.60. The molecule has 1 aromatic heterocycles. The van der Waals surface area contributed by atoms with Gasteiger partial charge in [0.05, 0.1) is 28.8 Å². The summed E-state index contributed by atoms with van der Waals surface area (Å²) < 4.78 is 12.7. The van der Waals surface area contributed by atoms with E-state index in [2.05, 4.69) is 26.3 Å². The number of nitrogens with one attached hydrogen (secondary N) is 1. The van der Waals surface area contributed by atoms with Gasteiger partial charge in [-0.05, 0) is 62.2 Å². The molecule has 2 saturated heterocycles. The molecular formula is C27H29ClN6O3. The Bertz CT molecular complexity index is 1290. The standard InChI is InChI=1S/C27H29ClN6O3/c1-19-26(18-30-34(19)24-5-2-21(28)3-6-24)37-27(35)31-22-4-7-25(20(16-22)17-29)33-12-10-32(11-13-33)23-8-14-36-15-9-23/h2-7,16,18,23H,8-15H2,1H3,(H,31,35). The molecule has 0 radical (unpaired) electrons. The van der Waals surface area contributed by atoms with Crippen LogP contribution in [0.5, 0.6) is 5.75 Å². The topological polar surface area (TPSA) is 95.7 Å². The Balaban J connectivity index is 1.20. The summed E-state index contributed by atoms with van der Waals surface area (Å²) in [4.78, 5) is 17.4. The van der Waals surface area contributed by atoms with Crippen LogP contribution in [0.1, 0.15) is 24.1 Å². The van der Waals surface area contributed by atoms with Gasteiger partial charge in [-0.1, -0.05) is 11.6 Å². The molecule has 1 amide bonds. The highest BCUT2D eigenvalue weighted by atomic mass is 35.5. The molecule has 192 valence electrons. The number of piperazine rings is 1. The molecule has 10 heteroatoms. The Morgan fingerprint density at radius 3 is 2.57 bits per heavy atom. The first kappa shape index (κ1) is 25.1. The van der Waals surface area contributed by atoms with Crippen molar-refractivity contribution in [2.24, 2.45) is 0 Å². The summed E-state index contributed by atoms with van der Waals surface area (Å²) in [6, 6.07) is 15.5. The average Bonchev–Trinajstić information content (AvgIpc) is 3.29. The van der Waals surface area contributed by atoms with Crippen molar-refractivity contribution >= 4 is 29.1 Å². The van der Waals surface area contributed by atoms with E-state index in [0.717, 1.165) is 63.6 Å². The Hall–Kier alpha value is -3.58. The quantitative estimate of drug-likeness (QED) is 0.524. The molecule has 37 heavy (non-hydrogen) atoms. The van der Waals surface area contributed by atoms with Crippen LogP contribution in [0.15, 0.2) is 48.7 Å². The van der Waals surface area contributed by atoms with E-state index in [1.807, 2.05) is 25.1 Å². The number of hydrogen-bond acceptors (Lipinski definition) is 7. The van der Waals surface area contributed by atoms with Crippen LogP contribution in [0.4, 0.5) is 16.2 Å². The number of amides is 1. The van der Waals surface area contributed by atoms with E-state index in [1.54, 1.807) is 28.9 Å². The van der Waals surface area contributed by atoms with Gasteiger partial charge in [0, 0.05) is 56.1 Å². The fourth-order valence-corrected chi connectivity index (χ4v) is 5.06. The van der Waals surface area contributed by atoms with Crippen molar-refractivity contribution in [3.63, 3.8) is 0 Å². The second-order valence-electron chi connectivity index (χ2n) is 9.21. The van der Waals surface area contributed by atoms with Crippen LogP contribution in [0, 0.1) is 18.3 Å². The fourth-order valence-electron chi connectivity index (χ4n) is 4.94. The molecule has 9 nitrogen and oxygen atoms in total. The number of halogens is 1. The maximum absolute atomic E-state index is 12.6. The van der Waals surface area contributed by atoms with E-state index in [0.29, 0.717) is 33.8 Å². The van der Waals surface area contributed by atoms with Gasteiger partial charge in [0.25, 0.3) is 0 Å². The lowest BCUT2D eigenvalue weighted by atomic mass is 10.1. The highest BCUT2D eigenvalue weighted by Crippen LogP contribution is 2.27. The molecule has 0 saturated carbocycles. The van der Waals surface area contributed by atoms with E-state index in [-0.39, 0.29) is 0 Å². The van der Waals surface area contributed by atoms with Crippen LogP contribution >= 0.6 is 11.6 Å². The van der Waals surface area contributed by atoms with E-state index in [9.17, 15) is 10.1 Å². The molecular weight excluding hydrogens is 492 g/mol. The number of hydrogen-bond donors (Lipinski definition) is 1. The van der Waals surface area contributed by atoms with Gasteiger partial charge in [-0.25, -0.2) is 9.48 Å². The number of nitrogens with zero attached hydrogens (tertiary/aromatic N) is 5. The molecule has 2 aliphatic rings. The number of rotatable bonds is 5. The third-order valence-electron chi connectivity index (χ3n) is 6.96. The average molecular weight is 521 g/mol. The second-order valence-corrected chi connectivity index (χ2v) is 9.64. The Labute approximate surface area is 221 Å². The number of benzene rings is 2. The zero-order chi connectivity index (χ0) is 25.8. The zero-order valence-electron chi connectivity index (χ0n) is 20.7. The van der Waals surface area contributed by atoms with Crippen LogP contribution in [0.25, 0.3) is 5.69 Å². The minimum Gasteiger partial charge on any atom is -0.406 e. The SMILES string of the molecule is Cc1c(OC(=O)Nc2ccc(N3CCN(C4CCOCC4)CC3)c(C#N)c2)cnn1-c1ccc(Cl)cc1. The summed E-state index contributed by atoms with van der Waals surface area (Å²) in [7, 11) is 0. The summed E-state index contributed by atoms with van der Waals surface area (Å²) >= 11 is 5.96. The van der Waals surface area contributed by atoms with E-state index in [1.165, 1.54) is 6.20 Å². The maximum atomic E-state index is 12.6. The summed E-state index contributed by atoms with van der Waals surface area (Å²) in [5.74, 6) is 0.340. The van der Waals surface area contributed by atoms with Crippen LogP contribution in [-0.4, -0.2) is 66.2 Å². The molecule has 0 atom stereocenters. The minimum atomic E-state index is -0.652. The Morgan fingerprint density at radius 1 is 1.14 bits per heavy atom. The van der Waals surface area contributed by atoms with E-state index >= 15 is 0 Å². The molecule has 0 aliphatic carbocycles. The highest BCUT2D eigenvalue weighted by Gasteiger charge is 2.26. The first-order valence-electron chi connectivity index (χ1n) is 12.4. The monoisotopic (exact) mass is 520 g/mol. The van der Waals surface area contributed by atoms with Gasteiger partial charge in [0.15, 0.2) is 5.75 Å². The number of ether oxygens (including phenoxy) is 2. The predicted molar refractivity (Wildman–Crippen MR) is 142 cm³/mol. The second kappa shape index (κ2) is 11.2. The smallest absolute Gasteiger partial charge is 0.406 e. The van der Waals surface area contributed by atoms with Gasteiger partial charge >= 0.3 is 6.09 Å². The lowest BCUT2D eigenvalue weighted by molar-refractivity contribution is 0.0321. The van der Waals surface area contributed by atoms with Crippen LogP contribution in [0.3, 0.4) is 0 Å². The minimum absolute atomic E-state index is 0.340. The van der Waals surface area contributed by atoms with Gasteiger partial charge in [0.2, 0.25) is 0 Å². The molecule has 0 bridgehead atoms. The maximum Gasteiger partial charge on any atom is 0.417 e. The largest absolute Gasteiger partial charge is 0.417 e. The normalized spacial score (nSPS) is 16.8. The van der Waals surface area contributed by atoms with E-state index < -0.39 is 6.09 Å². The molecule has 0 spiro atoms. The van der Waals surface area contributed by atoms with Crippen molar-refractivity contribution in [1.82, 2.24) is 14.7 Å². The van der Waals surface area contributed by atoms with Gasteiger partial charge in [-0.3, -0.25) is 10.2 Å². The molecule has 1 N–H and O–H groups in total. The molecule has 2 fully saturated rings. The lowest BCUT2D eigenvalue weighted by Crippen LogP contribution is -2.51. The molecule has 3 heterocycles. The predicted octanol–water partition coefficient (Wildman–Crippen LogP) is 4.62. The molecule has 2 aromatic carbocycles. The van der Waals surface area contributed by atoms with Crippen molar-refractivity contribution in [3.05, 3.63) is 64.9 Å². The highest BCUT2D eigenvalue weighted by molar-refractivity contribution is 6.30. The molecule has 2 aliphatic heterocycles. The van der Waals surface area contributed by atoms with Crippen molar-refractivity contribution < 1.29 is 14.3 Å². The summed E-state index contributed by atoms with van der Waals surface area (Å²) in [6.45, 7) is 7.13. The summed E-state index contributed by atoms with van der Waals surface area (Å²) in [5.41, 5.74) is 3.37. The number of carbonyl (C=O) groups is 1. The summed E-state index contributed by atoms with van der Waals surface area (Å²) in [5, 5.41) is 17.5. The van der Waals surface area contributed by atoms with Crippen molar-refractivity contribution in [3.8, 4) is 17.5 Å².